The Morgan fingerprint density at radius 2 is 2.19 bits per heavy atom. The molecule has 0 aromatic heterocycles. The Hall–Kier alpha value is -1.31. The summed E-state index contributed by atoms with van der Waals surface area (Å²) in [5, 5.41) is 0.337. The first kappa shape index (κ1) is 16.1. The van der Waals surface area contributed by atoms with E-state index in [0.717, 1.165) is 12.7 Å². The smallest absolute Gasteiger partial charge is 0.256 e. The third-order valence-electron chi connectivity index (χ3n) is 3.37. The highest BCUT2D eigenvalue weighted by atomic mass is 35.5. The third kappa shape index (κ3) is 4.09. The highest BCUT2D eigenvalue weighted by Crippen LogP contribution is 2.24. The molecule has 0 aliphatic carbocycles. The van der Waals surface area contributed by atoms with E-state index in [0.29, 0.717) is 30.1 Å². The second-order valence-electron chi connectivity index (χ2n) is 5.18. The molecule has 21 heavy (non-hydrogen) atoms. The van der Waals surface area contributed by atoms with E-state index in [1.54, 1.807) is 23.1 Å². The minimum Gasteiger partial charge on any atom is -0.397 e. The van der Waals surface area contributed by atoms with Gasteiger partial charge in [-0.05, 0) is 25.0 Å². The molecule has 3 N–H and O–H groups in total. The monoisotopic (exact) mass is 331 g/mol. The molecule has 1 aromatic rings. The molecule has 1 aliphatic rings. The third-order valence-corrected chi connectivity index (χ3v) is 4.46. The van der Waals surface area contributed by atoms with Crippen molar-refractivity contribution in [3.05, 3.63) is 28.8 Å². The van der Waals surface area contributed by atoms with Crippen molar-refractivity contribution < 1.29 is 13.2 Å². The summed E-state index contributed by atoms with van der Waals surface area (Å²) in [7, 11) is -3.29. The number of para-hydroxylation sites is 1. The molecule has 8 heteroatoms. The number of hydrogen-bond acceptors (Lipinski definition) is 4. The fraction of sp³-hybridized carbons (Fsp3) is 0.462. The zero-order chi connectivity index (χ0) is 15.6. The maximum absolute atomic E-state index is 12.5. The second-order valence-corrected chi connectivity index (χ2v) is 7.37. The number of nitrogens with one attached hydrogen (secondary N) is 1. The molecule has 1 saturated heterocycles. The number of amides is 1. The first-order chi connectivity index (χ1) is 9.78. The number of piperidine rings is 1. The molecule has 1 heterocycles. The normalized spacial score (nSPS) is 19.5. The summed E-state index contributed by atoms with van der Waals surface area (Å²) >= 11 is 5.93. The fourth-order valence-electron chi connectivity index (χ4n) is 2.45. The second kappa shape index (κ2) is 6.21. The Kier molecular flexibility index (Phi) is 4.75. The van der Waals surface area contributed by atoms with Gasteiger partial charge in [-0.25, -0.2) is 13.1 Å². The van der Waals surface area contributed by atoms with E-state index in [1.807, 2.05) is 0 Å². The lowest BCUT2D eigenvalue weighted by molar-refractivity contribution is 0.0704. The number of hydrogen-bond donors (Lipinski definition) is 2. The zero-order valence-electron chi connectivity index (χ0n) is 11.7. The number of nitrogens with zero attached hydrogens (tertiary/aromatic N) is 1. The average molecular weight is 332 g/mol. The number of carbonyl (C=O) groups excluding carboxylic acids is 1. The summed E-state index contributed by atoms with van der Waals surface area (Å²) in [4.78, 5) is 14.1. The number of rotatable bonds is 3. The van der Waals surface area contributed by atoms with Gasteiger partial charge in [0, 0.05) is 19.1 Å². The summed E-state index contributed by atoms with van der Waals surface area (Å²) in [5.41, 5.74) is 6.44. The van der Waals surface area contributed by atoms with Gasteiger partial charge in [-0.2, -0.15) is 0 Å². The van der Waals surface area contributed by atoms with Crippen molar-refractivity contribution in [1.82, 2.24) is 9.62 Å². The molecular formula is C13H18ClN3O3S. The van der Waals surface area contributed by atoms with Crippen molar-refractivity contribution in [3.8, 4) is 0 Å². The van der Waals surface area contributed by atoms with Crippen LogP contribution in [0.3, 0.4) is 0 Å². The van der Waals surface area contributed by atoms with Gasteiger partial charge < -0.3 is 10.6 Å². The van der Waals surface area contributed by atoms with Crippen LogP contribution in [0.25, 0.3) is 0 Å². The molecule has 1 aromatic carbocycles. The lowest BCUT2D eigenvalue weighted by atomic mass is 10.0. The predicted molar refractivity (Wildman–Crippen MR) is 82.8 cm³/mol. The number of nitrogen functional groups attached to an aromatic ring is 1. The highest BCUT2D eigenvalue weighted by molar-refractivity contribution is 7.88. The van der Waals surface area contributed by atoms with E-state index >= 15 is 0 Å². The maximum atomic E-state index is 12.5. The van der Waals surface area contributed by atoms with Crippen LogP contribution >= 0.6 is 11.6 Å². The molecule has 1 aliphatic heterocycles. The molecule has 1 unspecified atom stereocenters. The Balaban J connectivity index is 2.14. The summed E-state index contributed by atoms with van der Waals surface area (Å²) in [6.07, 6.45) is 2.56. The summed E-state index contributed by atoms with van der Waals surface area (Å²) in [6, 6.07) is 4.65. The Labute approximate surface area is 129 Å². The van der Waals surface area contributed by atoms with Gasteiger partial charge >= 0.3 is 0 Å². The summed E-state index contributed by atoms with van der Waals surface area (Å²) in [6.45, 7) is 0.907. The van der Waals surface area contributed by atoms with Gasteiger partial charge in [-0.15, -0.1) is 0 Å². The van der Waals surface area contributed by atoms with E-state index in [4.69, 9.17) is 17.3 Å². The Bertz CT molecular complexity index is 648. The molecule has 0 radical (unpaired) electrons. The summed E-state index contributed by atoms with van der Waals surface area (Å²) < 4.78 is 25.1. The number of carbonyl (C=O) groups is 1. The minimum absolute atomic E-state index is 0.227. The molecule has 0 bridgehead atoms. The van der Waals surface area contributed by atoms with Gasteiger partial charge in [0.15, 0.2) is 0 Å². The van der Waals surface area contributed by atoms with Crippen LogP contribution in [-0.4, -0.2) is 44.6 Å². The van der Waals surface area contributed by atoms with E-state index in [-0.39, 0.29) is 17.6 Å². The standard InChI is InChI=1S/C13H18ClN3O3S/c1-21(19,20)16-9-4-3-7-17(8-9)13(18)10-5-2-6-11(14)12(10)15/h2,5-6,9,16H,3-4,7-8,15H2,1H3. The van der Waals surface area contributed by atoms with Gasteiger partial charge in [0.1, 0.15) is 0 Å². The minimum atomic E-state index is -3.29. The number of anilines is 1. The number of halogens is 1. The number of benzene rings is 1. The van der Waals surface area contributed by atoms with Crippen molar-refractivity contribution in [2.75, 3.05) is 25.1 Å². The number of sulfonamides is 1. The van der Waals surface area contributed by atoms with Crippen LogP contribution in [0.5, 0.6) is 0 Å². The van der Waals surface area contributed by atoms with Crippen LogP contribution in [0.4, 0.5) is 5.69 Å². The van der Waals surface area contributed by atoms with Crippen LogP contribution in [-0.2, 0) is 10.0 Å². The van der Waals surface area contributed by atoms with E-state index < -0.39 is 10.0 Å². The lowest BCUT2D eigenvalue weighted by Crippen LogP contribution is -2.49. The number of likely N-dealkylation sites (tertiary alicyclic amines) is 1. The van der Waals surface area contributed by atoms with Gasteiger partial charge in [-0.1, -0.05) is 17.7 Å². The lowest BCUT2D eigenvalue weighted by Gasteiger charge is -2.33. The molecular weight excluding hydrogens is 314 g/mol. The Morgan fingerprint density at radius 3 is 2.86 bits per heavy atom. The van der Waals surface area contributed by atoms with Crippen LogP contribution in [0, 0.1) is 0 Å². The molecule has 1 amide bonds. The molecule has 116 valence electrons. The molecule has 2 rings (SSSR count). The van der Waals surface area contributed by atoms with Crippen molar-refractivity contribution in [1.29, 1.82) is 0 Å². The Morgan fingerprint density at radius 1 is 1.48 bits per heavy atom. The fourth-order valence-corrected chi connectivity index (χ4v) is 3.43. The molecule has 1 fully saturated rings. The first-order valence-electron chi connectivity index (χ1n) is 6.58. The molecule has 0 saturated carbocycles. The van der Waals surface area contributed by atoms with Gasteiger partial charge in [-0.3, -0.25) is 4.79 Å². The van der Waals surface area contributed by atoms with Crippen LogP contribution < -0.4 is 10.5 Å². The van der Waals surface area contributed by atoms with Gasteiger partial charge in [0.2, 0.25) is 10.0 Å². The molecule has 0 spiro atoms. The molecule has 6 nitrogen and oxygen atoms in total. The van der Waals surface area contributed by atoms with Crippen LogP contribution in [0.15, 0.2) is 18.2 Å². The summed E-state index contributed by atoms with van der Waals surface area (Å²) in [5.74, 6) is -0.227. The quantitative estimate of drug-likeness (QED) is 0.810. The van der Waals surface area contributed by atoms with Crippen molar-refractivity contribution in [2.24, 2.45) is 0 Å². The predicted octanol–water partition coefficient (Wildman–Crippen LogP) is 1.08. The SMILES string of the molecule is CS(=O)(=O)NC1CCCN(C(=O)c2cccc(Cl)c2N)C1. The maximum Gasteiger partial charge on any atom is 0.256 e. The van der Waals surface area contributed by atoms with E-state index in [1.165, 1.54) is 0 Å². The van der Waals surface area contributed by atoms with Crippen LogP contribution in [0.1, 0.15) is 23.2 Å². The van der Waals surface area contributed by atoms with Crippen molar-refractivity contribution >= 4 is 33.2 Å². The topological polar surface area (TPSA) is 92.5 Å². The first-order valence-corrected chi connectivity index (χ1v) is 8.85. The number of nitrogens with two attached hydrogens (primary N) is 1. The zero-order valence-corrected chi connectivity index (χ0v) is 13.2. The molecule has 1 atom stereocenters. The van der Waals surface area contributed by atoms with Crippen molar-refractivity contribution in [3.63, 3.8) is 0 Å². The average Bonchev–Trinajstić information content (AvgIpc) is 2.39. The van der Waals surface area contributed by atoms with E-state index in [2.05, 4.69) is 4.72 Å². The highest BCUT2D eigenvalue weighted by Gasteiger charge is 2.27. The van der Waals surface area contributed by atoms with Gasteiger partial charge in [0.25, 0.3) is 5.91 Å². The largest absolute Gasteiger partial charge is 0.397 e. The van der Waals surface area contributed by atoms with E-state index in [9.17, 15) is 13.2 Å². The van der Waals surface area contributed by atoms with Crippen molar-refractivity contribution in [2.45, 2.75) is 18.9 Å². The van der Waals surface area contributed by atoms with Crippen LogP contribution in [0.2, 0.25) is 5.02 Å². The van der Waals surface area contributed by atoms with Gasteiger partial charge in [0.05, 0.1) is 22.5 Å².